The van der Waals surface area contributed by atoms with Crippen LogP contribution in [0.2, 0.25) is 0 Å². The molecule has 0 spiro atoms. The maximum absolute atomic E-state index is 9.18. The number of aromatic nitrogens is 1. The summed E-state index contributed by atoms with van der Waals surface area (Å²) in [5.41, 5.74) is 6.17. The molecule has 0 saturated carbocycles. The number of aliphatic hydroxyl groups excluding tert-OH is 1. The Morgan fingerprint density at radius 1 is 1.68 bits per heavy atom. The third-order valence-corrected chi connectivity index (χ3v) is 3.15. The second-order valence-corrected chi connectivity index (χ2v) is 4.53. The van der Waals surface area contributed by atoms with E-state index in [2.05, 4.69) is 10.1 Å². The van der Waals surface area contributed by atoms with Crippen LogP contribution in [0.4, 0.5) is 5.82 Å². The van der Waals surface area contributed by atoms with Gasteiger partial charge in [0, 0.05) is 18.3 Å². The van der Waals surface area contributed by atoms with Gasteiger partial charge in [-0.2, -0.15) is 0 Å². The molecule has 7 heteroatoms. The number of hydrogen-bond donors (Lipinski definition) is 3. The smallest absolute Gasteiger partial charge is 0.170 e. The molecule has 1 aliphatic rings. The van der Waals surface area contributed by atoms with Crippen molar-refractivity contribution < 1.29 is 15.1 Å². The van der Waals surface area contributed by atoms with Gasteiger partial charge in [-0.1, -0.05) is 5.16 Å². The molecule has 0 aliphatic carbocycles. The molecule has 1 aliphatic heterocycles. The van der Waals surface area contributed by atoms with Gasteiger partial charge in [-0.3, -0.25) is 0 Å². The van der Waals surface area contributed by atoms with Crippen molar-refractivity contribution in [2.75, 3.05) is 24.7 Å². The number of hydrogen-bond acceptors (Lipinski definition) is 6. The van der Waals surface area contributed by atoms with Gasteiger partial charge < -0.3 is 25.7 Å². The summed E-state index contributed by atoms with van der Waals surface area (Å²) < 4.78 is 5.48. The van der Waals surface area contributed by atoms with Crippen molar-refractivity contribution in [3.63, 3.8) is 0 Å². The fourth-order valence-corrected chi connectivity index (χ4v) is 2.04. The average Bonchev–Trinajstić information content (AvgIpc) is 2.47. The van der Waals surface area contributed by atoms with Crippen LogP contribution in [-0.4, -0.2) is 53.0 Å². The molecule has 0 aromatic carbocycles. The molecule has 2 unspecified atom stereocenters. The van der Waals surface area contributed by atoms with Crippen LogP contribution in [0, 0.1) is 0 Å². The predicted octanol–water partition coefficient (Wildman–Crippen LogP) is -0.238. The van der Waals surface area contributed by atoms with Crippen molar-refractivity contribution in [2.24, 2.45) is 10.9 Å². The number of pyridine rings is 1. The lowest BCUT2D eigenvalue weighted by atomic mass is 10.1. The third kappa shape index (κ3) is 2.94. The van der Waals surface area contributed by atoms with Crippen molar-refractivity contribution in [2.45, 2.75) is 19.1 Å². The summed E-state index contributed by atoms with van der Waals surface area (Å²) in [6, 6.07) is 3.58. The first kappa shape index (κ1) is 13.6. The van der Waals surface area contributed by atoms with Crippen LogP contribution >= 0.6 is 0 Å². The summed E-state index contributed by atoms with van der Waals surface area (Å²) in [6.45, 7) is 3.08. The molecule has 1 fully saturated rings. The second kappa shape index (κ2) is 5.85. The fraction of sp³-hybridized carbons (Fsp3) is 0.500. The monoisotopic (exact) mass is 266 g/mol. The van der Waals surface area contributed by atoms with Gasteiger partial charge in [0.05, 0.1) is 25.4 Å². The van der Waals surface area contributed by atoms with Crippen LogP contribution < -0.4 is 10.6 Å². The zero-order chi connectivity index (χ0) is 13.8. The Balaban J connectivity index is 2.24. The van der Waals surface area contributed by atoms with Gasteiger partial charge in [-0.05, 0) is 19.1 Å². The van der Waals surface area contributed by atoms with Gasteiger partial charge in [0.1, 0.15) is 5.82 Å². The molecule has 2 heterocycles. The number of rotatable bonds is 3. The molecule has 2 rings (SSSR count). The molecule has 1 aromatic heterocycles. The Labute approximate surface area is 111 Å². The summed E-state index contributed by atoms with van der Waals surface area (Å²) in [5.74, 6) is 0.765. The quantitative estimate of drug-likeness (QED) is 0.302. The lowest BCUT2D eigenvalue weighted by Gasteiger charge is -2.38. The predicted molar refractivity (Wildman–Crippen MR) is 70.4 cm³/mol. The molecule has 7 nitrogen and oxygen atoms in total. The maximum Gasteiger partial charge on any atom is 0.170 e. The average molecular weight is 266 g/mol. The van der Waals surface area contributed by atoms with E-state index >= 15 is 0 Å². The maximum atomic E-state index is 9.18. The lowest BCUT2D eigenvalue weighted by Crippen LogP contribution is -2.50. The molecule has 1 saturated heterocycles. The Kier molecular flexibility index (Phi) is 4.18. The van der Waals surface area contributed by atoms with E-state index in [1.54, 1.807) is 18.3 Å². The van der Waals surface area contributed by atoms with Crippen LogP contribution in [0.5, 0.6) is 0 Å². The molecule has 104 valence electrons. The molecular weight excluding hydrogens is 248 g/mol. The lowest BCUT2D eigenvalue weighted by molar-refractivity contribution is -0.0105. The minimum Gasteiger partial charge on any atom is -0.409 e. The fourth-order valence-electron chi connectivity index (χ4n) is 2.04. The molecule has 1 aromatic rings. The Bertz CT molecular complexity index is 466. The summed E-state index contributed by atoms with van der Waals surface area (Å²) in [7, 11) is 0. The van der Waals surface area contributed by atoms with Crippen LogP contribution in [-0.2, 0) is 4.74 Å². The van der Waals surface area contributed by atoms with Crippen LogP contribution in [0.15, 0.2) is 23.5 Å². The summed E-state index contributed by atoms with van der Waals surface area (Å²) in [4.78, 5) is 6.34. The van der Waals surface area contributed by atoms with Crippen molar-refractivity contribution in [1.29, 1.82) is 0 Å². The van der Waals surface area contributed by atoms with E-state index in [0.717, 1.165) is 5.82 Å². The first-order valence-corrected chi connectivity index (χ1v) is 6.08. The molecule has 4 N–H and O–H groups in total. The first-order valence-electron chi connectivity index (χ1n) is 6.08. The van der Waals surface area contributed by atoms with Gasteiger partial charge in [-0.25, -0.2) is 4.98 Å². The number of amidine groups is 1. The Morgan fingerprint density at radius 2 is 2.47 bits per heavy atom. The number of oxime groups is 1. The number of aliphatic hydroxyl groups is 1. The molecule has 2 atom stereocenters. The minimum absolute atomic E-state index is 0.0247. The van der Waals surface area contributed by atoms with Gasteiger partial charge in [0.2, 0.25) is 0 Å². The first-order chi connectivity index (χ1) is 9.15. The van der Waals surface area contributed by atoms with E-state index in [1.165, 1.54) is 0 Å². The highest BCUT2D eigenvalue weighted by molar-refractivity contribution is 5.97. The number of nitrogens with two attached hydrogens (primary N) is 1. The van der Waals surface area contributed by atoms with Crippen LogP contribution in [0.1, 0.15) is 12.5 Å². The van der Waals surface area contributed by atoms with Gasteiger partial charge >= 0.3 is 0 Å². The van der Waals surface area contributed by atoms with Gasteiger partial charge in [-0.15, -0.1) is 0 Å². The molecule has 19 heavy (non-hydrogen) atoms. The van der Waals surface area contributed by atoms with Crippen LogP contribution in [0.25, 0.3) is 0 Å². The van der Waals surface area contributed by atoms with E-state index < -0.39 is 0 Å². The van der Waals surface area contributed by atoms with Crippen LogP contribution in [0.3, 0.4) is 0 Å². The van der Waals surface area contributed by atoms with E-state index in [4.69, 9.17) is 15.7 Å². The summed E-state index contributed by atoms with van der Waals surface area (Å²) >= 11 is 0. The highest BCUT2D eigenvalue weighted by atomic mass is 16.5. The number of ether oxygens (including phenoxy) is 1. The summed E-state index contributed by atoms with van der Waals surface area (Å²) in [6.07, 6.45) is 1.39. The van der Waals surface area contributed by atoms with Crippen molar-refractivity contribution in [3.8, 4) is 0 Å². The number of morpholine rings is 1. The van der Waals surface area contributed by atoms with Crippen molar-refractivity contribution in [3.05, 3.63) is 23.9 Å². The Hall–Kier alpha value is -1.86. The minimum atomic E-state index is -0.217. The number of nitrogens with zero attached hydrogens (tertiary/aromatic N) is 3. The zero-order valence-electron chi connectivity index (χ0n) is 10.7. The molecule has 0 amide bonds. The normalized spacial score (nSPS) is 24.5. The second-order valence-electron chi connectivity index (χ2n) is 4.53. The highest BCUT2D eigenvalue weighted by Crippen LogP contribution is 2.20. The Morgan fingerprint density at radius 3 is 3.16 bits per heavy atom. The van der Waals surface area contributed by atoms with E-state index in [9.17, 15) is 5.11 Å². The van der Waals surface area contributed by atoms with Gasteiger partial charge in [0.25, 0.3) is 0 Å². The number of anilines is 1. The van der Waals surface area contributed by atoms with E-state index in [-0.39, 0.29) is 24.6 Å². The highest BCUT2D eigenvalue weighted by Gasteiger charge is 2.26. The molecule has 0 radical (unpaired) electrons. The zero-order valence-corrected chi connectivity index (χ0v) is 10.7. The topological polar surface area (TPSA) is 104 Å². The van der Waals surface area contributed by atoms with Crippen molar-refractivity contribution >= 4 is 11.7 Å². The van der Waals surface area contributed by atoms with Gasteiger partial charge in [0.15, 0.2) is 5.84 Å². The van der Waals surface area contributed by atoms with Crippen molar-refractivity contribution in [1.82, 2.24) is 4.98 Å². The SMILES string of the molecule is CC1COC(CO)CN1c1cc(/C(N)=N/O)ccn1. The third-order valence-electron chi connectivity index (χ3n) is 3.15. The van der Waals surface area contributed by atoms with E-state index in [0.29, 0.717) is 18.7 Å². The largest absolute Gasteiger partial charge is 0.409 e. The standard InChI is InChI=1S/C12H18N4O3/c1-8-7-19-10(6-17)5-16(8)11-4-9(2-3-14-11)12(13)15-18/h2-4,8,10,17-18H,5-7H2,1H3,(H2,13,15). The molecule has 0 bridgehead atoms. The van der Waals surface area contributed by atoms with E-state index in [1.807, 2.05) is 11.8 Å². The molecular formula is C12H18N4O3. The summed E-state index contributed by atoms with van der Waals surface area (Å²) in [5, 5.41) is 20.9.